The van der Waals surface area contributed by atoms with Crippen molar-refractivity contribution in [3.63, 3.8) is 0 Å². The van der Waals surface area contributed by atoms with Crippen molar-refractivity contribution in [2.24, 2.45) is 5.84 Å². The summed E-state index contributed by atoms with van der Waals surface area (Å²) in [7, 11) is 0. The number of rotatable bonds is 4. The summed E-state index contributed by atoms with van der Waals surface area (Å²) in [6.45, 7) is 1.93. The highest BCUT2D eigenvalue weighted by Crippen LogP contribution is 2.28. The summed E-state index contributed by atoms with van der Waals surface area (Å²) in [6, 6.07) is 5.53. The third-order valence-electron chi connectivity index (χ3n) is 2.65. The summed E-state index contributed by atoms with van der Waals surface area (Å²) in [5, 5.41) is 0.594. The van der Waals surface area contributed by atoms with Crippen LogP contribution < -0.4 is 16.0 Å². The van der Waals surface area contributed by atoms with Crippen molar-refractivity contribution in [1.29, 1.82) is 0 Å². The molecule has 0 saturated heterocycles. The molecule has 0 atom stereocenters. The van der Waals surface area contributed by atoms with E-state index in [-0.39, 0.29) is 11.7 Å². The van der Waals surface area contributed by atoms with Gasteiger partial charge in [-0.15, -0.1) is 0 Å². The first-order valence-corrected chi connectivity index (χ1v) is 6.22. The molecule has 3 N–H and O–H groups in total. The monoisotopic (exact) mass is 299 g/mol. The fourth-order valence-corrected chi connectivity index (χ4v) is 1.87. The highest BCUT2D eigenvalue weighted by atomic mass is 35.5. The average Bonchev–Trinajstić information content (AvgIpc) is 2.43. The smallest absolute Gasteiger partial charge is 0.258 e. The minimum absolute atomic E-state index is 0.300. The van der Waals surface area contributed by atoms with E-state index in [1.54, 1.807) is 18.2 Å². The molecule has 0 amide bonds. The number of nitrogens with one attached hydrogen (secondary N) is 1. The second-order valence-corrected chi connectivity index (χ2v) is 4.37. The average molecular weight is 300 g/mol. The highest BCUT2D eigenvalue weighted by Gasteiger charge is 2.13. The molecule has 0 radical (unpaired) electrons. The van der Waals surface area contributed by atoms with Gasteiger partial charge in [-0.2, -0.15) is 4.98 Å². The fraction of sp³-hybridized carbons (Fsp3) is 0.154. The Labute approximate surface area is 119 Å². The van der Waals surface area contributed by atoms with Crippen LogP contribution in [-0.4, -0.2) is 4.98 Å². The number of nitrogen functional groups attached to an aromatic ring is 1. The van der Waals surface area contributed by atoms with Gasteiger partial charge >= 0.3 is 0 Å². The van der Waals surface area contributed by atoms with Gasteiger partial charge in [0.1, 0.15) is 5.75 Å². The number of benzene rings is 1. The lowest BCUT2D eigenvalue weighted by Crippen LogP contribution is -2.11. The Kier molecular flexibility index (Phi) is 4.36. The molecular formula is C13H12ClF2N3O. The van der Waals surface area contributed by atoms with Crippen LogP contribution in [0.25, 0.3) is 0 Å². The number of nitrogens with two attached hydrogens (primary N) is 1. The van der Waals surface area contributed by atoms with Crippen LogP contribution in [0.15, 0.2) is 24.3 Å². The van der Waals surface area contributed by atoms with Gasteiger partial charge in [-0.25, -0.2) is 14.6 Å². The summed E-state index contributed by atoms with van der Waals surface area (Å²) in [5.74, 6) is 2.94. The number of anilines is 1. The molecule has 2 rings (SSSR count). The molecule has 20 heavy (non-hydrogen) atoms. The van der Waals surface area contributed by atoms with E-state index in [9.17, 15) is 8.78 Å². The van der Waals surface area contributed by atoms with Crippen molar-refractivity contribution in [3.05, 3.63) is 46.5 Å². The fourth-order valence-electron chi connectivity index (χ4n) is 1.62. The quantitative estimate of drug-likeness (QED) is 0.668. The molecule has 1 aromatic heterocycles. The maximum absolute atomic E-state index is 13.6. The predicted molar refractivity (Wildman–Crippen MR) is 72.9 cm³/mol. The maximum Gasteiger partial charge on any atom is 0.258 e. The Morgan fingerprint density at radius 3 is 2.70 bits per heavy atom. The summed E-state index contributed by atoms with van der Waals surface area (Å²) >= 11 is 5.98. The van der Waals surface area contributed by atoms with E-state index >= 15 is 0 Å². The number of hydrogen-bond donors (Lipinski definition) is 2. The Morgan fingerprint density at radius 2 is 2.05 bits per heavy atom. The summed E-state index contributed by atoms with van der Waals surface area (Å²) in [4.78, 5) is 3.62. The number of hydrazine groups is 1. The van der Waals surface area contributed by atoms with Crippen LogP contribution >= 0.6 is 11.6 Å². The minimum Gasteiger partial charge on any atom is -0.436 e. The first kappa shape index (κ1) is 14.5. The summed E-state index contributed by atoms with van der Waals surface area (Å²) in [5.41, 5.74) is 2.88. The van der Waals surface area contributed by atoms with Gasteiger partial charge in [0.2, 0.25) is 0 Å². The van der Waals surface area contributed by atoms with E-state index in [2.05, 4.69) is 4.98 Å². The molecule has 7 heteroatoms. The number of pyridine rings is 1. The number of ether oxygens (including phenoxy) is 1. The Balaban J connectivity index is 2.34. The lowest BCUT2D eigenvalue weighted by molar-refractivity contribution is 0.417. The second kappa shape index (κ2) is 6.02. The molecule has 2 aromatic rings. The van der Waals surface area contributed by atoms with Gasteiger partial charge < -0.3 is 10.2 Å². The molecule has 0 aliphatic heterocycles. The van der Waals surface area contributed by atoms with Crippen LogP contribution in [0.2, 0.25) is 5.02 Å². The Hall–Kier alpha value is -1.92. The normalized spacial score (nSPS) is 10.4. The molecule has 0 aliphatic rings. The Bertz CT molecular complexity index is 637. The number of hydrogen-bond acceptors (Lipinski definition) is 4. The van der Waals surface area contributed by atoms with Crippen molar-refractivity contribution in [3.8, 4) is 11.6 Å². The Morgan fingerprint density at radius 1 is 1.30 bits per heavy atom. The van der Waals surface area contributed by atoms with Gasteiger partial charge in [0, 0.05) is 11.1 Å². The zero-order chi connectivity index (χ0) is 14.7. The van der Waals surface area contributed by atoms with Crippen molar-refractivity contribution < 1.29 is 13.5 Å². The number of aryl methyl sites for hydroxylation is 1. The first-order chi connectivity index (χ1) is 9.55. The third kappa shape index (κ3) is 2.97. The molecule has 1 aromatic carbocycles. The zero-order valence-corrected chi connectivity index (χ0v) is 11.3. The number of aromatic nitrogens is 1. The standard InChI is InChI=1S/C13H12ClF2N3O/c1-2-7-5-8(3-4-9(7)14)20-13-11(16)6-10(15)12(18-13)19-17/h3-6H,2,17H2,1H3,(H,18,19). The molecule has 106 valence electrons. The molecule has 1 heterocycles. The van der Waals surface area contributed by atoms with E-state index in [1.807, 2.05) is 12.3 Å². The molecule has 4 nitrogen and oxygen atoms in total. The van der Waals surface area contributed by atoms with Crippen LogP contribution in [0.3, 0.4) is 0 Å². The molecule has 0 unspecified atom stereocenters. The van der Waals surface area contributed by atoms with Crippen molar-refractivity contribution in [2.75, 3.05) is 5.43 Å². The lowest BCUT2D eigenvalue weighted by Gasteiger charge is -2.10. The van der Waals surface area contributed by atoms with E-state index in [0.29, 0.717) is 23.3 Å². The van der Waals surface area contributed by atoms with Crippen LogP contribution in [0.5, 0.6) is 11.6 Å². The third-order valence-corrected chi connectivity index (χ3v) is 3.02. The first-order valence-electron chi connectivity index (χ1n) is 5.84. The molecule has 0 fully saturated rings. The predicted octanol–water partition coefficient (Wildman–Crippen LogP) is 3.65. The van der Waals surface area contributed by atoms with Crippen LogP contribution in [-0.2, 0) is 6.42 Å². The summed E-state index contributed by atoms with van der Waals surface area (Å²) in [6.07, 6.45) is 0.699. The van der Waals surface area contributed by atoms with Gasteiger partial charge in [0.05, 0.1) is 0 Å². The number of nitrogens with zero attached hydrogens (tertiary/aromatic N) is 1. The lowest BCUT2D eigenvalue weighted by atomic mass is 10.1. The molecule has 0 bridgehead atoms. The highest BCUT2D eigenvalue weighted by molar-refractivity contribution is 6.31. The van der Waals surface area contributed by atoms with Crippen molar-refractivity contribution >= 4 is 17.4 Å². The molecule has 0 saturated carbocycles. The second-order valence-electron chi connectivity index (χ2n) is 3.96. The van der Waals surface area contributed by atoms with E-state index < -0.39 is 11.6 Å². The minimum atomic E-state index is -0.922. The zero-order valence-electron chi connectivity index (χ0n) is 10.6. The molecular weight excluding hydrogens is 288 g/mol. The van der Waals surface area contributed by atoms with E-state index in [4.69, 9.17) is 22.2 Å². The van der Waals surface area contributed by atoms with Gasteiger partial charge in [0.25, 0.3) is 5.88 Å². The van der Waals surface area contributed by atoms with Crippen LogP contribution in [0, 0.1) is 11.6 Å². The van der Waals surface area contributed by atoms with E-state index in [0.717, 1.165) is 5.56 Å². The van der Waals surface area contributed by atoms with Crippen molar-refractivity contribution in [1.82, 2.24) is 4.98 Å². The van der Waals surface area contributed by atoms with Crippen LogP contribution in [0.1, 0.15) is 12.5 Å². The van der Waals surface area contributed by atoms with Gasteiger partial charge in [-0.1, -0.05) is 18.5 Å². The van der Waals surface area contributed by atoms with Gasteiger partial charge in [-0.05, 0) is 30.2 Å². The SMILES string of the molecule is CCc1cc(Oc2nc(NN)c(F)cc2F)ccc1Cl. The van der Waals surface area contributed by atoms with E-state index in [1.165, 1.54) is 0 Å². The maximum atomic E-state index is 13.6. The topological polar surface area (TPSA) is 60.2 Å². The number of halogens is 3. The van der Waals surface area contributed by atoms with Gasteiger partial charge in [-0.3, -0.25) is 0 Å². The van der Waals surface area contributed by atoms with Gasteiger partial charge in [0.15, 0.2) is 17.5 Å². The molecule has 0 spiro atoms. The van der Waals surface area contributed by atoms with Crippen LogP contribution in [0.4, 0.5) is 14.6 Å². The van der Waals surface area contributed by atoms with Crippen molar-refractivity contribution in [2.45, 2.75) is 13.3 Å². The largest absolute Gasteiger partial charge is 0.436 e. The summed E-state index contributed by atoms with van der Waals surface area (Å²) < 4.78 is 32.1. The molecule has 0 aliphatic carbocycles.